The molecule has 0 aliphatic rings. The van der Waals surface area contributed by atoms with Gasteiger partial charge in [-0.25, -0.2) is 0 Å². The molecule has 3 N–H and O–H groups in total. The van der Waals surface area contributed by atoms with Crippen LogP contribution in [0.15, 0.2) is 54.6 Å². The van der Waals surface area contributed by atoms with Crippen molar-refractivity contribution in [1.29, 1.82) is 0 Å². The summed E-state index contributed by atoms with van der Waals surface area (Å²) in [5.74, 6) is 0.919. The van der Waals surface area contributed by atoms with Gasteiger partial charge in [0.1, 0.15) is 5.75 Å². The van der Waals surface area contributed by atoms with E-state index < -0.39 is 11.6 Å². The van der Waals surface area contributed by atoms with Crippen LogP contribution >= 0.6 is 0 Å². The van der Waals surface area contributed by atoms with Gasteiger partial charge in [0.2, 0.25) is 0 Å². The van der Waals surface area contributed by atoms with Crippen LogP contribution < -0.4 is 10.5 Å². The lowest BCUT2D eigenvalue weighted by Crippen LogP contribution is -2.46. The van der Waals surface area contributed by atoms with Crippen LogP contribution in [0.2, 0.25) is 0 Å². The number of aryl methyl sites for hydroxylation is 2. The molecule has 0 aliphatic carbocycles. The van der Waals surface area contributed by atoms with Gasteiger partial charge in [-0.15, -0.1) is 0 Å². The third kappa shape index (κ3) is 7.19. The minimum atomic E-state index is -0.547. The highest BCUT2D eigenvalue weighted by Gasteiger charge is 2.24. The molecule has 0 saturated carbocycles. The Morgan fingerprint density at radius 1 is 0.923 bits per heavy atom. The SMILES string of the molecule is C[C@H](O)[C@](C)(N)CCc1ccc(OCCCCCc2ccccc2)cc1. The summed E-state index contributed by atoms with van der Waals surface area (Å²) in [7, 11) is 0. The Labute approximate surface area is 158 Å². The van der Waals surface area contributed by atoms with Crippen LogP contribution in [-0.2, 0) is 12.8 Å². The third-order valence-corrected chi connectivity index (χ3v) is 5.05. The molecular formula is C23H33NO2. The molecule has 3 heteroatoms. The maximum Gasteiger partial charge on any atom is 0.119 e. The second-order valence-corrected chi connectivity index (χ2v) is 7.47. The maximum atomic E-state index is 9.68. The van der Waals surface area contributed by atoms with Crippen LogP contribution in [-0.4, -0.2) is 23.4 Å². The zero-order chi connectivity index (χ0) is 18.8. The van der Waals surface area contributed by atoms with Crippen molar-refractivity contribution >= 4 is 0 Å². The fourth-order valence-corrected chi connectivity index (χ4v) is 2.82. The van der Waals surface area contributed by atoms with Gasteiger partial charge in [-0.1, -0.05) is 42.5 Å². The Hall–Kier alpha value is -1.84. The zero-order valence-corrected chi connectivity index (χ0v) is 16.2. The van der Waals surface area contributed by atoms with E-state index in [9.17, 15) is 5.11 Å². The zero-order valence-electron chi connectivity index (χ0n) is 16.2. The second kappa shape index (κ2) is 10.3. The lowest BCUT2D eigenvalue weighted by molar-refractivity contribution is 0.106. The predicted molar refractivity (Wildman–Crippen MR) is 109 cm³/mol. The first-order chi connectivity index (χ1) is 12.5. The third-order valence-electron chi connectivity index (χ3n) is 5.05. The predicted octanol–water partition coefficient (Wildman–Crippen LogP) is 4.51. The van der Waals surface area contributed by atoms with E-state index in [4.69, 9.17) is 10.5 Å². The first kappa shape index (κ1) is 20.5. The number of aliphatic hydroxyl groups excluding tert-OH is 1. The summed E-state index contributed by atoms with van der Waals surface area (Å²) < 4.78 is 5.83. The molecule has 26 heavy (non-hydrogen) atoms. The van der Waals surface area contributed by atoms with E-state index in [0.717, 1.165) is 38.0 Å². The lowest BCUT2D eigenvalue weighted by atomic mass is 9.90. The molecule has 2 atom stereocenters. The maximum absolute atomic E-state index is 9.68. The highest BCUT2D eigenvalue weighted by Crippen LogP contribution is 2.18. The fraction of sp³-hybridized carbons (Fsp3) is 0.478. The molecule has 0 saturated heterocycles. The molecule has 0 heterocycles. The summed E-state index contributed by atoms with van der Waals surface area (Å²) in [5.41, 5.74) is 8.19. The highest BCUT2D eigenvalue weighted by atomic mass is 16.5. The largest absolute Gasteiger partial charge is 0.494 e. The van der Waals surface area contributed by atoms with Crippen LogP contribution in [0, 0.1) is 0 Å². The number of aliphatic hydroxyl groups is 1. The van der Waals surface area contributed by atoms with Crippen molar-refractivity contribution < 1.29 is 9.84 Å². The van der Waals surface area contributed by atoms with E-state index in [1.165, 1.54) is 24.0 Å². The Bertz CT molecular complexity index is 620. The minimum absolute atomic E-state index is 0.507. The fourth-order valence-electron chi connectivity index (χ4n) is 2.82. The van der Waals surface area contributed by atoms with E-state index in [1.807, 2.05) is 19.1 Å². The van der Waals surface area contributed by atoms with E-state index in [0.29, 0.717) is 0 Å². The van der Waals surface area contributed by atoms with Gasteiger partial charge < -0.3 is 15.6 Å². The van der Waals surface area contributed by atoms with E-state index in [1.54, 1.807) is 6.92 Å². The van der Waals surface area contributed by atoms with Crippen LogP contribution in [0.1, 0.15) is 50.7 Å². The minimum Gasteiger partial charge on any atom is -0.494 e. The highest BCUT2D eigenvalue weighted by molar-refractivity contribution is 5.27. The molecule has 3 nitrogen and oxygen atoms in total. The summed E-state index contributed by atoms with van der Waals surface area (Å²) >= 11 is 0. The lowest BCUT2D eigenvalue weighted by Gasteiger charge is -2.27. The second-order valence-electron chi connectivity index (χ2n) is 7.47. The number of hydrogen-bond donors (Lipinski definition) is 2. The Morgan fingerprint density at radius 3 is 2.23 bits per heavy atom. The molecule has 2 aromatic carbocycles. The topological polar surface area (TPSA) is 55.5 Å². The molecule has 0 aromatic heterocycles. The van der Waals surface area contributed by atoms with Gasteiger partial charge in [0, 0.05) is 5.54 Å². The van der Waals surface area contributed by atoms with Gasteiger partial charge in [0.25, 0.3) is 0 Å². The number of unbranched alkanes of at least 4 members (excludes halogenated alkanes) is 2. The van der Waals surface area contributed by atoms with Crippen molar-refractivity contribution in [3.63, 3.8) is 0 Å². The van der Waals surface area contributed by atoms with Crippen molar-refractivity contribution in [3.8, 4) is 5.75 Å². The van der Waals surface area contributed by atoms with Crippen LogP contribution in [0.3, 0.4) is 0 Å². The van der Waals surface area contributed by atoms with Gasteiger partial charge in [0.05, 0.1) is 12.7 Å². The molecule has 0 amide bonds. The summed E-state index contributed by atoms with van der Waals surface area (Å²) in [4.78, 5) is 0. The van der Waals surface area contributed by atoms with Gasteiger partial charge in [0.15, 0.2) is 0 Å². The first-order valence-electron chi connectivity index (χ1n) is 9.70. The van der Waals surface area contributed by atoms with Crippen molar-refractivity contribution in [2.24, 2.45) is 5.73 Å². The molecule has 0 aliphatic heterocycles. The number of ether oxygens (including phenoxy) is 1. The number of hydrogen-bond acceptors (Lipinski definition) is 3. The molecule has 0 spiro atoms. The van der Waals surface area contributed by atoms with Gasteiger partial charge in [-0.3, -0.25) is 0 Å². The smallest absolute Gasteiger partial charge is 0.119 e. The van der Waals surface area contributed by atoms with E-state index in [2.05, 4.69) is 42.5 Å². The monoisotopic (exact) mass is 355 g/mol. The van der Waals surface area contributed by atoms with E-state index in [-0.39, 0.29) is 0 Å². The molecule has 0 fully saturated rings. The first-order valence-corrected chi connectivity index (χ1v) is 9.70. The molecule has 0 radical (unpaired) electrons. The Morgan fingerprint density at radius 2 is 1.58 bits per heavy atom. The molecule has 2 aromatic rings. The summed E-state index contributed by atoms with van der Waals surface area (Å²) in [6.45, 7) is 4.40. The molecule has 0 unspecified atom stereocenters. The van der Waals surface area contributed by atoms with Crippen molar-refractivity contribution in [2.45, 2.75) is 64.0 Å². The van der Waals surface area contributed by atoms with Gasteiger partial charge in [-0.05, 0) is 75.6 Å². The summed E-state index contributed by atoms with van der Waals surface area (Å²) in [6.07, 6.45) is 5.71. The Balaban J connectivity index is 1.61. The van der Waals surface area contributed by atoms with Crippen molar-refractivity contribution in [1.82, 2.24) is 0 Å². The molecule has 0 bridgehead atoms. The summed E-state index contributed by atoms with van der Waals surface area (Å²) in [6, 6.07) is 18.8. The van der Waals surface area contributed by atoms with Crippen molar-refractivity contribution in [3.05, 3.63) is 65.7 Å². The standard InChI is InChI=1S/C23H33NO2/c1-19(25)23(2,24)17-16-21-12-14-22(15-13-21)26-18-8-4-7-11-20-9-5-3-6-10-20/h3,5-6,9-10,12-15,19,25H,4,7-8,11,16-18,24H2,1-2H3/t19-,23+/m0/s1. The average molecular weight is 356 g/mol. The van der Waals surface area contributed by atoms with Gasteiger partial charge in [-0.2, -0.15) is 0 Å². The summed E-state index contributed by atoms with van der Waals surface area (Å²) in [5, 5.41) is 9.68. The number of nitrogens with two attached hydrogens (primary N) is 1. The van der Waals surface area contributed by atoms with Crippen LogP contribution in [0.25, 0.3) is 0 Å². The Kier molecular flexibility index (Phi) is 8.14. The molecule has 2 rings (SSSR count). The molecule has 142 valence electrons. The van der Waals surface area contributed by atoms with Crippen molar-refractivity contribution in [2.75, 3.05) is 6.61 Å². The average Bonchev–Trinajstić information content (AvgIpc) is 2.64. The number of benzene rings is 2. The molecular weight excluding hydrogens is 322 g/mol. The van der Waals surface area contributed by atoms with Crippen LogP contribution in [0.5, 0.6) is 5.75 Å². The van der Waals surface area contributed by atoms with Crippen LogP contribution in [0.4, 0.5) is 0 Å². The number of rotatable bonds is 11. The normalized spacial score (nSPS) is 14.6. The quantitative estimate of drug-likeness (QED) is 0.583. The van der Waals surface area contributed by atoms with Gasteiger partial charge >= 0.3 is 0 Å². The van der Waals surface area contributed by atoms with E-state index >= 15 is 0 Å².